The minimum absolute atomic E-state index is 0.0738. The minimum atomic E-state index is -3.37. The SMILES string of the molecule is CCC(CC)NC(=O)COC(=O)c1ccc2c(c1)C[C@H](C)N2S(C)(=O)=O. The van der Waals surface area contributed by atoms with Crippen LogP contribution in [0.5, 0.6) is 0 Å². The van der Waals surface area contributed by atoms with Crippen LogP contribution in [-0.4, -0.2) is 45.2 Å². The number of nitrogens with one attached hydrogen (secondary N) is 1. The van der Waals surface area contributed by atoms with Crippen LogP contribution in [0.2, 0.25) is 0 Å². The molecule has 0 aliphatic carbocycles. The summed E-state index contributed by atoms with van der Waals surface area (Å²) in [6, 6.07) is 4.65. The Morgan fingerprint density at radius 2 is 1.96 bits per heavy atom. The number of fused-ring (bicyclic) bond motifs is 1. The summed E-state index contributed by atoms with van der Waals surface area (Å²) in [4.78, 5) is 24.0. The highest BCUT2D eigenvalue weighted by atomic mass is 32.2. The summed E-state index contributed by atoms with van der Waals surface area (Å²) in [5.41, 5.74) is 1.67. The molecule has 1 aromatic carbocycles. The first-order chi connectivity index (χ1) is 12.2. The number of rotatable bonds is 7. The molecule has 0 fully saturated rings. The van der Waals surface area contributed by atoms with E-state index in [2.05, 4.69) is 5.32 Å². The van der Waals surface area contributed by atoms with E-state index in [0.29, 0.717) is 17.7 Å². The molecule has 0 spiro atoms. The van der Waals surface area contributed by atoms with Gasteiger partial charge in [0, 0.05) is 12.1 Å². The Morgan fingerprint density at radius 1 is 1.31 bits per heavy atom. The highest BCUT2D eigenvalue weighted by Crippen LogP contribution is 2.34. The molecule has 1 heterocycles. The van der Waals surface area contributed by atoms with E-state index in [1.165, 1.54) is 16.6 Å². The number of esters is 1. The molecule has 1 N–H and O–H groups in total. The van der Waals surface area contributed by atoms with Crippen molar-refractivity contribution in [2.24, 2.45) is 0 Å². The number of sulfonamides is 1. The van der Waals surface area contributed by atoms with Crippen LogP contribution in [0.4, 0.5) is 5.69 Å². The Labute approximate surface area is 154 Å². The van der Waals surface area contributed by atoms with E-state index in [1.807, 2.05) is 20.8 Å². The van der Waals surface area contributed by atoms with Gasteiger partial charge >= 0.3 is 5.97 Å². The van der Waals surface area contributed by atoms with Crippen molar-refractivity contribution in [3.05, 3.63) is 29.3 Å². The fourth-order valence-electron chi connectivity index (χ4n) is 3.21. The Morgan fingerprint density at radius 3 is 2.54 bits per heavy atom. The predicted molar refractivity (Wildman–Crippen MR) is 99.7 cm³/mol. The number of nitrogens with zero attached hydrogens (tertiary/aromatic N) is 1. The maximum atomic E-state index is 12.2. The first-order valence-corrected chi connectivity index (χ1v) is 10.6. The van der Waals surface area contributed by atoms with E-state index in [1.54, 1.807) is 12.1 Å². The Hall–Kier alpha value is -2.09. The van der Waals surface area contributed by atoms with Gasteiger partial charge in [-0.25, -0.2) is 13.2 Å². The van der Waals surface area contributed by atoms with Crippen molar-refractivity contribution in [3.63, 3.8) is 0 Å². The topological polar surface area (TPSA) is 92.8 Å². The van der Waals surface area contributed by atoms with Crippen LogP contribution in [-0.2, 0) is 26.0 Å². The third kappa shape index (κ3) is 4.55. The summed E-state index contributed by atoms with van der Waals surface area (Å²) in [7, 11) is -3.37. The van der Waals surface area contributed by atoms with Gasteiger partial charge in [-0.05, 0) is 49.9 Å². The second-order valence-corrected chi connectivity index (χ2v) is 8.47. The highest BCUT2D eigenvalue weighted by Gasteiger charge is 2.32. The van der Waals surface area contributed by atoms with E-state index in [-0.39, 0.29) is 24.6 Å². The molecular weight excluding hydrogens is 356 g/mol. The van der Waals surface area contributed by atoms with E-state index in [0.717, 1.165) is 18.4 Å². The Balaban J connectivity index is 2.04. The second kappa shape index (κ2) is 8.07. The molecule has 2 rings (SSSR count). The van der Waals surface area contributed by atoms with Crippen molar-refractivity contribution < 1.29 is 22.7 Å². The molecule has 1 amide bonds. The lowest BCUT2D eigenvalue weighted by molar-refractivity contribution is -0.125. The van der Waals surface area contributed by atoms with Crippen LogP contribution < -0.4 is 9.62 Å². The van der Waals surface area contributed by atoms with Crippen molar-refractivity contribution in [3.8, 4) is 0 Å². The Kier molecular flexibility index (Phi) is 6.28. The van der Waals surface area contributed by atoms with Crippen molar-refractivity contribution in [1.82, 2.24) is 5.32 Å². The standard InChI is InChI=1S/C18H26N2O5S/c1-5-15(6-2)19-17(21)11-25-18(22)13-7-8-16-14(10-13)9-12(3)20(16)26(4,23)24/h7-8,10,12,15H,5-6,9,11H2,1-4H3,(H,19,21)/t12-/m0/s1. The Bertz CT molecular complexity index is 787. The van der Waals surface area contributed by atoms with Crippen molar-refractivity contribution >= 4 is 27.6 Å². The molecule has 1 atom stereocenters. The normalized spacial score (nSPS) is 16.5. The maximum absolute atomic E-state index is 12.2. The van der Waals surface area contributed by atoms with Gasteiger partial charge in [-0.3, -0.25) is 9.10 Å². The number of anilines is 1. The van der Waals surface area contributed by atoms with Crippen LogP contribution >= 0.6 is 0 Å². The molecule has 1 aliphatic rings. The smallest absolute Gasteiger partial charge is 0.338 e. The zero-order valence-electron chi connectivity index (χ0n) is 15.6. The summed E-state index contributed by atoms with van der Waals surface area (Å²) in [6.07, 6.45) is 3.32. The largest absolute Gasteiger partial charge is 0.452 e. The van der Waals surface area contributed by atoms with E-state index >= 15 is 0 Å². The molecule has 8 heteroatoms. The zero-order chi connectivity index (χ0) is 19.5. The lowest BCUT2D eigenvalue weighted by atomic mass is 10.1. The molecule has 0 bridgehead atoms. The predicted octanol–water partition coefficient (Wildman–Crippen LogP) is 1.86. The molecule has 0 unspecified atom stereocenters. The van der Waals surface area contributed by atoms with Crippen LogP contribution in [0.3, 0.4) is 0 Å². The van der Waals surface area contributed by atoms with E-state index in [4.69, 9.17) is 4.74 Å². The third-order valence-electron chi connectivity index (χ3n) is 4.51. The van der Waals surface area contributed by atoms with Gasteiger partial charge in [-0.1, -0.05) is 13.8 Å². The monoisotopic (exact) mass is 382 g/mol. The first kappa shape index (κ1) is 20.2. The van der Waals surface area contributed by atoms with Gasteiger partial charge in [0.2, 0.25) is 10.0 Å². The average Bonchev–Trinajstić information content (AvgIpc) is 2.92. The quantitative estimate of drug-likeness (QED) is 0.727. The van der Waals surface area contributed by atoms with Crippen molar-refractivity contribution in [2.75, 3.05) is 17.2 Å². The van der Waals surface area contributed by atoms with Gasteiger partial charge in [0.15, 0.2) is 6.61 Å². The molecule has 26 heavy (non-hydrogen) atoms. The molecule has 144 valence electrons. The van der Waals surface area contributed by atoms with Gasteiger partial charge in [-0.15, -0.1) is 0 Å². The van der Waals surface area contributed by atoms with Crippen LogP contribution in [0.25, 0.3) is 0 Å². The summed E-state index contributed by atoms with van der Waals surface area (Å²) in [5, 5.41) is 2.80. The van der Waals surface area contributed by atoms with Gasteiger partial charge in [0.25, 0.3) is 5.91 Å². The number of amides is 1. The summed E-state index contributed by atoms with van der Waals surface area (Å²) in [6.45, 7) is 5.44. The number of carbonyl (C=O) groups excluding carboxylic acids is 2. The lowest BCUT2D eigenvalue weighted by Crippen LogP contribution is -2.36. The summed E-state index contributed by atoms with van der Waals surface area (Å²) < 4.78 is 30.3. The molecular formula is C18H26N2O5S. The molecule has 0 saturated carbocycles. The number of hydrogen-bond donors (Lipinski definition) is 1. The fraction of sp³-hybridized carbons (Fsp3) is 0.556. The zero-order valence-corrected chi connectivity index (χ0v) is 16.4. The van der Waals surface area contributed by atoms with Gasteiger partial charge < -0.3 is 10.1 Å². The third-order valence-corrected chi connectivity index (χ3v) is 5.78. The minimum Gasteiger partial charge on any atom is -0.452 e. The van der Waals surface area contributed by atoms with E-state index < -0.39 is 16.0 Å². The molecule has 1 aromatic rings. The maximum Gasteiger partial charge on any atom is 0.338 e. The molecule has 0 saturated heterocycles. The highest BCUT2D eigenvalue weighted by molar-refractivity contribution is 7.92. The van der Waals surface area contributed by atoms with Crippen molar-refractivity contribution in [1.29, 1.82) is 0 Å². The fourth-order valence-corrected chi connectivity index (χ4v) is 4.48. The lowest BCUT2D eigenvalue weighted by Gasteiger charge is -2.21. The number of ether oxygens (including phenoxy) is 1. The van der Waals surface area contributed by atoms with E-state index in [9.17, 15) is 18.0 Å². The molecule has 1 aliphatic heterocycles. The average molecular weight is 382 g/mol. The molecule has 0 aromatic heterocycles. The van der Waals surface area contributed by atoms with Gasteiger partial charge in [0.05, 0.1) is 17.5 Å². The van der Waals surface area contributed by atoms with Gasteiger partial charge in [0.1, 0.15) is 0 Å². The first-order valence-electron chi connectivity index (χ1n) is 8.76. The van der Waals surface area contributed by atoms with Gasteiger partial charge in [-0.2, -0.15) is 0 Å². The van der Waals surface area contributed by atoms with Crippen LogP contribution in [0, 0.1) is 0 Å². The number of benzene rings is 1. The van der Waals surface area contributed by atoms with Crippen molar-refractivity contribution in [2.45, 2.75) is 52.1 Å². The summed E-state index contributed by atoms with van der Waals surface area (Å²) in [5.74, 6) is -0.928. The summed E-state index contributed by atoms with van der Waals surface area (Å²) >= 11 is 0. The number of hydrogen-bond acceptors (Lipinski definition) is 5. The second-order valence-electron chi connectivity index (χ2n) is 6.61. The van der Waals surface area contributed by atoms with Crippen LogP contribution in [0.1, 0.15) is 49.5 Å². The molecule has 7 nitrogen and oxygen atoms in total. The van der Waals surface area contributed by atoms with Crippen LogP contribution in [0.15, 0.2) is 18.2 Å². The molecule has 0 radical (unpaired) electrons. The number of carbonyl (C=O) groups is 2.